The molecular weight excluding hydrogens is 236 g/mol. The van der Waals surface area contributed by atoms with E-state index in [9.17, 15) is 0 Å². The summed E-state index contributed by atoms with van der Waals surface area (Å²) < 4.78 is 1.90. The average Bonchev–Trinajstić information content (AvgIpc) is 2.81. The molecule has 0 spiro atoms. The standard InChI is InChI=1S/C12H15ClN4/c1-3-17-8-10(6-15-17)9(2)16-12-7-14-5-4-11(12)13/h4-9,16H,3H2,1-2H3. The Kier molecular flexibility index (Phi) is 3.64. The van der Waals surface area contributed by atoms with Crippen LogP contribution in [0.5, 0.6) is 0 Å². The third-order valence-corrected chi connectivity index (χ3v) is 2.95. The van der Waals surface area contributed by atoms with Gasteiger partial charge >= 0.3 is 0 Å². The van der Waals surface area contributed by atoms with Crippen LogP contribution in [0.4, 0.5) is 5.69 Å². The molecule has 0 aliphatic carbocycles. The largest absolute Gasteiger partial charge is 0.376 e. The van der Waals surface area contributed by atoms with Gasteiger partial charge in [0.05, 0.1) is 29.1 Å². The lowest BCUT2D eigenvalue weighted by Crippen LogP contribution is -2.06. The zero-order chi connectivity index (χ0) is 12.3. The minimum absolute atomic E-state index is 0.150. The first-order chi connectivity index (χ1) is 8.20. The number of aromatic nitrogens is 3. The number of hydrogen-bond acceptors (Lipinski definition) is 3. The van der Waals surface area contributed by atoms with E-state index in [0.717, 1.165) is 17.8 Å². The summed E-state index contributed by atoms with van der Waals surface area (Å²) in [6.45, 7) is 5.01. The summed E-state index contributed by atoms with van der Waals surface area (Å²) in [5.41, 5.74) is 1.97. The lowest BCUT2D eigenvalue weighted by atomic mass is 10.2. The Morgan fingerprint density at radius 3 is 2.94 bits per heavy atom. The Balaban J connectivity index is 2.11. The fourth-order valence-corrected chi connectivity index (χ4v) is 1.74. The number of halogens is 1. The lowest BCUT2D eigenvalue weighted by molar-refractivity contribution is 0.658. The van der Waals surface area contributed by atoms with Gasteiger partial charge in [-0.2, -0.15) is 5.10 Å². The molecule has 0 saturated carbocycles. The molecule has 0 aliphatic rings. The number of nitrogens with zero attached hydrogens (tertiary/aromatic N) is 3. The van der Waals surface area contributed by atoms with E-state index in [1.807, 2.05) is 17.1 Å². The second kappa shape index (κ2) is 5.19. The van der Waals surface area contributed by atoms with Crippen LogP contribution in [0.3, 0.4) is 0 Å². The van der Waals surface area contributed by atoms with E-state index in [0.29, 0.717) is 5.02 Å². The first-order valence-corrected chi connectivity index (χ1v) is 5.97. The van der Waals surface area contributed by atoms with Crippen molar-refractivity contribution < 1.29 is 0 Å². The van der Waals surface area contributed by atoms with Gasteiger partial charge in [-0.25, -0.2) is 0 Å². The quantitative estimate of drug-likeness (QED) is 0.907. The Hall–Kier alpha value is -1.55. The highest BCUT2D eigenvalue weighted by molar-refractivity contribution is 6.33. The second-order valence-corrected chi connectivity index (χ2v) is 4.26. The molecule has 1 unspecified atom stereocenters. The number of hydrogen-bond donors (Lipinski definition) is 1. The van der Waals surface area contributed by atoms with Gasteiger partial charge < -0.3 is 5.32 Å². The van der Waals surface area contributed by atoms with Crippen LogP contribution in [0.25, 0.3) is 0 Å². The fraction of sp³-hybridized carbons (Fsp3) is 0.333. The molecule has 0 aliphatic heterocycles. The van der Waals surface area contributed by atoms with Gasteiger partial charge in [0.1, 0.15) is 0 Å². The topological polar surface area (TPSA) is 42.7 Å². The number of anilines is 1. The Morgan fingerprint density at radius 1 is 1.47 bits per heavy atom. The van der Waals surface area contributed by atoms with Crippen LogP contribution in [0.1, 0.15) is 25.5 Å². The van der Waals surface area contributed by atoms with Gasteiger partial charge in [-0.3, -0.25) is 9.67 Å². The van der Waals surface area contributed by atoms with Gasteiger partial charge in [0.15, 0.2) is 0 Å². The molecule has 1 N–H and O–H groups in total. The van der Waals surface area contributed by atoms with Crippen LogP contribution >= 0.6 is 11.6 Å². The van der Waals surface area contributed by atoms with Crippen molar-refractivity contribution in [1.82, 2.24) is 14.8 Å². The highest BCUT2D eigenvalue weighted by Crippen LogP contribution is 2.24. The summed E-state index contributed by atoms with van der Waals surface area (Å²) >= 11 is 6.06. The molecule has 4 nitrogen and oxygen atoms in total. The number of aryl methyl sites for hydroxylation is 1. The third kappa shape index (κ3) is 2.77. The Bertz CT molecular complexity index is 495. The highest BCUT2D eigenvalue weighted by Gasteiger charge is 2.09. The van der Waals surface area contributed by atoms with Gasteiger partial charge in [0, 0.05) is 24.5 Å². The first-order valence-electron chi connectivity index (χ1n) is 5.59. The molecule has 0 saturated heterocycles. The Labute approximate surface area is 106 Å². The van der Waals surface area contributed by atoms with Crippen molar-refractivity contribution >= 4 is 17.3 Å². The predicted octanol–water partition coefficient (Wildman–Crippen LogP) is 3.12. The highest BCUT2D eigenvalue weighted by atomic mass is 35.5. The van der Waals surface area contributed by atoms with Crippen molar-refractivity contribution in [3.8, 4) is 0 Å². The molecule has 0 radical (unpaired) electrons. The van der Waals surface area contributed by atoms with Crippen molar-refractivity contribution in [1.29, 1.82) is 0 Å². The van der Waals surface area contributed by atoms with Crippen molar-refractivity contribution in [2.75, 3.05) is 5.32 Å². The Morgan fingerprint density at radius 2 is 2.29 bits per heavy atom. The fourth-order valence-electron chi connectivity index (χ4n) is 1.58. The van der Waals surface area contributed by atoms with E-state index in [1.54, 1.807) is 18.5 Å². The smallest absolute Gasteiger partial charge is 0.0720 e. The minimum atomic E-state index is 0.150. The molecule has 0 fully saturated rings. The molecule has 17 heavy (non-hydrogen) atoms. The van der Waals surface area contributed by atoms with Crippen molar-refractivity contribution in [3.05, 3.63) is 41.4 Å². The zero-order valence-electron chi connectivity index (χ0n) is 9.89. The molecule has 2 aromatic rings. The SMILES string of the molecule is CCn1cc(C(C)Nc2cnccc2Cl)cn1. The van der Waals surface area contributed by atoms with Crippen LogP contribution in [-0.2, 0) is 6.54 Å². The van der Waals surface area contributed by atoms with E-state index in [-0.39, 0.29) is 6.04 Å². The van der Waals surface area contributed by atoms with E-state index < -0.39 is 0 Å². The predicted molar refractivity (Wildman–Crippen MR) is 69.2 cm³/mol. The normalized spacial score (nSPS) is 12.4. The van der Waals surface area contributed by atoms with Crippen molar-refractivity contribution in [2.45, 2.75) is 26.4 Å². The van der Waals surface area contributed by atoms with Gasteiger partial charge in [0.2, 0.25) is 0 Å². The average molecular weight is 251 g/mol. The second-order valence-electron chi connectivity index (χ2n) is 3.85. The van der Waals surface area contributed by atoms with Crippen LogP contribution in [0.15, 0.2) is 30.9 Å². The monoisotopic (exact) mass is 250 g/mol. The summed E-state index contributed by atoms with van der Waals surface area (Å²) in [5.74, 6) is 0. The van der Waals surface area contributed by atoms with Crippen LogP contribution in [0, 0.1) is 0 Å². The molecular formula is C12H15ClN4. The number of rotatable bonds is 4. The number of pyridine rings is 1. The molecule has 1 atom stereocenters. The first kappa shape index (κ1) is 11.9. The minimum Gasteiger partial charge on any atom is -0.376 e. The molecule has 0 aromatic carbocycles. The lowest BCUT2D eigenvalue weighted by Gasteiger charge is -2.14. The molecule has 2 rings (SSSR count). The summed E-state index contributed by atoms with van der Waals surface area (Å²) in [4.78, 5) is 4.05. The molecule has 90 valence electrons. The molecule has 2 aromatic heterocycles. The van der Waals surface area contributed by atoms with E-state index in [2.05, 4.69) is 29.2 Å². The van der Waals surface area contributed by atoms with Crippen LogP contribution in [0.2, 0.25) is 5.02 Å². The van der Waals surface area contributed by atoms with Crippen molar-refractivity contribution in [2.24, 2.45) is 0 Å². The molecule has 5 heteroatoms. The summed E-state index contributed by atoms with van der Waals surface area (Å²) in [6, 6.07) is 1.92. The maximum absolute atomic E-state index is 6.06. The van der Waals surface area contributed by atoms with Crippen LogP contribution in [-0.4, -0.2) is 14.8 Å². The van der Waals surface area contributed by atoms with Gasteiger partial charge in [-0.15, -0.1) is 0 Å². The molecule has 0 bridgehead atoms. The number of nitrogens with one attached hydrogen (secondary N) is 1. The van der Waals surface area contributed by atoms with E-state index in [4.69, 9.17) is 11.6 Å². The van der Waals surface area contributed by atoms with E-state index in [1.165, 1.54) is 0 Å². The zero-order valence-corrected chi connectivity index (χ0v) is 10.6. The molecule has 2 heterocycles. The van der Waals surface area contributed by atoms with Gasteiger partial charge in [0.25, 0.3) is 0 Å². The summed E-state index contributed by atoms with van der Waals surface area (Å²) in [6.07, 6.45) is 7.30. The van der Waals surface area contributed by atoms with Gasteiger partial charge in [-0.05, 0) is 19.9 Å². The summed E-state index contributed by atoms with van der Waals surface area (Å²) in [7, 11) is 0. The maximum atomic E-state index is 6.06. The van der Waals surface area contributed by atoms with Crippen LogP contribution < -0.4 is 5.32 Å². The van der Waals surface area contributed by atoms with E-state index >= 15 is 0 Å². The summed E-state index contributed by atoms with van der Waals surface area (Å²) in [5, 5.41) is 8.24. The van der Waals surface area contributed by atoms with Gasteiger partial charge in [-0.1, -0.05) is 11.6 Å². The maximum Gasteiger partial charge on any atom is 0.0720 e. The van der Waals surface area contributed by atoms with Crippen molar-refractivity contribution in [3.63, 3.8) is 0 Å². The molecule has 0 amide bonds. The third-order valence-electron chi connectivity index (χ3n) is 2.62.